The standard InChI is InChI=1S/C6H5ClF3NS/c7-3-1-4(12-2-3)5(11)6(8,9)10/h1-2,5H,11H2. The van der Waals surface area contributed by atoms with Crippen LogP contribution in [0.25, 0.3) is 0 Å². The maximum absolute atomic E-state index is 12.0. The Labute approximate surface area is 75.9 Å². The summed E-state index contributed by atoms with van der Waals surface area (Å²) >= 11 is 6.35. The van der Waals surface area contributed by atoms with Crippen molar-refractivity contribution in [3.05, 3.63) is 21.3 Å². The highest BCUT2D eigenvalue weighted by atomic mass is 35.5. The smallest absolute Gasteiger partial charge is 0.316 e. The van der Waals surface area contributed by atoms with E-state index in [2.05, 4.69) is 0 Å². The molecule has 0 spiro atoms. The van der Waals surface area contributed by atoms with Crippen LogP contribution >= 0.6 is 22.9 Å². The van der Waals surface area contributed by atoms with E-state index in [1.54, 1.807) is 0 Å². The molecule has 2 N–H and O–H groups in total. The lowest BCUT2D eigenvalue weighted by Crippen LogP contribution is -2.27. The van der Waals surface area contributed by atoms with E-state index in [1.165, 1.54) is 11.4 Å². The number of hydrogen-bond donors (Lipinski definition) is 1. The summed E-state index contributed by atoms with van der Waals surface area (Å²) < 4.78 is 35.9. The van der Waals surface area contributed by atoms with E-state index in [0.717, 1.165) is 11.3 Å². The second kappa shape index (κ2) is 3.24. The maximum atomic E-state index is 12.0. The second-order valence-electron chi connectivity index (χ2n) is 2.19. The predicted molar refractivity (Wildman–Crippen MR) is 42.3 cm³/mol. The van der Waals surface area contributed by atoms with Crippen molar-refractivity contribution in [2.45, 2.75) is 12.2 Å². The van der Waals surface area contributed by atoms with Gasteiger partial charge in [0.2, 0.25) is 0 Å². The first-order valence-corrected chi connectivity index (χ1v) is 4.23. The first kappa shape index (κ1) is 9.83. The number of hydrogen-bond acceptors (Lipinski definition) is 2. The van der Waals surface area contributed by atoms with Gasteiger partial charge in [0.05, 0.1) is 5.02 Å². The summed E-state index contributed by atoms with van der Waals surface area (Å²) in [6, 6.07) is -0.695. The zero-order valence-electron chi connectivity index (χ0n) is 5.73. The molecule has 0 saturated carbocycles. The molecule has 68 valence electrons. The fourth-order valence-electron chi connectivity index (χ4n) is 0.653. The van der Waals surface area contributed by atoms with Crippen molar-refractivity contribution in [3.8, 4) is 0 Å². The van der Waals surface area contributed by atoms with E-state index < -0.39 is 12.2 Å². The first-order valence-electron chi connectivity index (χ1n) is 2.97. The van der Waals surface area contributed by atoms with E-state index in [9.17, 15) is 13.2 Å². The minimum atomic E-state index is -4.39. The van der Waals surface area contributed by atoms with E-state index in [0.29, 0.717) is 0 Å². The van der Waals surface area contributed by atoms with Crippen LogP contribution in [0.5, 0.6) is 0 Å². The van der Waals surface area contributed by atoms with Crippen molar-refractivity contribution in [1.82, 2.24) is 0 Å². The third-order valence-electron chi connectivity index (χ3n) is 1.25. The van der Waals surface area contributed by atoms with Crippen molar-refractivity contribution in [1.29, 1.82) is 0 Å². The van der Waals surface area contributed by atoms with E-state index in [-0.39, 0.29) is 9.90 Å². The molecule has 1 atom stereocenters. The molecule has 1 heterocycles. The van der Waals surface area contributed by atoms with Crippen molar-refractivity contribution >= 4 is 22.9 Å². The molecule has 0 bridgehead atoms. The Morgan fingerprint density at radius 2 is 2.08 bits per heavy atom. The van der Waals surface area contributed by atoms with Crippen LogP contribution < -0.4 is 5.73 Å². The lowest BCUT2D eigenvalue weighted by atomic mass is 10.2. The molecular formula is C6H5ClF3NS. The minimum absolute atomic E-state index is 0.0347. The quantitative estimate of drug-likeness (QED) is 0.766. The van der Waals surface area contributed by atoms with Crippen molar-refractivity contribution in [3.63, 3.8) is 0 Å². The number of alkyl halides is 3. The highest BCUT2D eigenvalue weighted by Gasteiger charge is 2.38. The third kappa shape index (κ3) is 2.12. The fourth-order valence-corrected chi connectivity index (χ4v) is 1.76. The van der Waals surface area contributed by atoms with Crippen LogP contribution in [0.4, 0.5) is 13.2 Å². The molecule has 0 aromatic carbocycles. The maximum Gasteiger partial charge on any atom is 0.408 e. The van der Waals surface area contributed by atoms with Crippen LogP contribution in [0.15, 0.2) is 11.4 Å². The summed E-state index contributed by atoms with van der Waals surface area (Å²) in [6.45, 7) is 0. The molecule has 1 aromatic heterocycles. The highest BCUT2D eigenvalue weighted by Crippen LogP contribution is 2.34. The Morgan fingerprint density at radius 3 is 2.42 bits per heavy atom. The summed E-state index contributed by atoms with van der Waals surface area (Å²) in [5.74, 6) is 0. The van der Waals surface area contributed by atoms with Crippen molar-refractivity contribution in [2.75, 3.05) is 0 Å². The van der Waals surface area contributed by atoms with Crippen LogP contribution in [0.1, 0.15) is 10.9 Å². The van der Waals surface area contributed by atoms with Crippen LogP contribution in [-0.2, 0) is 0 Å². The second-order valence-corrected chi connectivity index (χ2v) is 3.57. The van der Waals surface area contributed by atoms with Gasteiger partial charge in [-0.1, -0.05) is 11.6 Å². The minimum Gasteiger partial charge on any atom is -0.316 e. The topological polar surface area (TPSA) is 26.0 Å². The summed E-state index contributed by atoms with van der Waals surface area (Å²) in [5, 5.41) is 1.71. The molecule has 1 unspecified atom stereocenters. The zero-order valence-corrected chi connectivity index (χ0v) is 7.30. The van der Waals surface area contributed by atoms with Gasteiger partial charge in [-0.15, -0.1) is 11.3 Å². The number of rotatable bonds is 1. The molecule has 1 aromatic rings. The lowest BCUT2D eigenvalue weighted by Gasteiger charge is -2.12. The SMILES string of the molecule is NC(c1cc(Cl)cs1)C(F)(F)F. The monoisotopic (exact) mass is 215 g/mol. The molecule has 0 saturated heterocycles. The Balaban J connectivity index is 2.85. The normalized spacial score (nSPS) is 14.8. The molecule has 1 nitrogen and oxygen atoms in total. The van der Waals surface area contributed by atoms with Gasteiger partial charge in [0.25, 0.3) is 0 Å². The molecule has 0 aliphatic rings. The van der Waals surface area contributed by atoms with Gasteiger partial charge in [0, 0.05) is 10.3 Å². The zero-order chi connectivity index (χ0) is 9.35. The van der Waals surface area contributed by atoms with Crippen LogP contribution in [0.2, 0.25) is 5.02 Å². The van der Waals surface area contributed by atoms with Gasteiger partial charge in [-0.25, -0.2) is 0 Å². The fraction of sp³-hybridized carbons (Fsp3) is 0.333. The molecule has 0 radical (unpaired) electrons. The molecule has 0 aliphatic carbocycles. The Hall–Kier alpha value is -0.260. The van der Waals surface area contributed by atoms with Gasteiger partial charge in [-0.3, -0.25) is 0 Å². The molecule has 0 aliphatic heterocycles. The molecule has 0 fully saturated rings. The van der Waals surface area contributed by atoms with Gasteiger partial charge in [0.1, 0.15) is 6.04 Å². The number of thiophene rings is 1. The van der Waals surface area contributed by atoms with Gasteiger partial charge in [0.15, 0.2) is 0 Å². The largest absolute Gasteiger partial charge is 0.408 e. The molecular weight excluding hydrogens is 211 g/mol. The molecule has 6 heteroatoms. The number of nitrogens with two attached hydrogens (primary N) is 1. The molecule has 0 amide bonds. The first-order chi connectivity index (χ1) is 5.41. The Morgan fingerprint density at radius 1 is 1.50 bits per heavy atom. The average Bonchev–Trinajstić information content (AvgIpc) is 2.32. The summed E-state index contributed by atoms with van der Waals surface area (Å²) in [6.07, 6.45) is -4.39. The van der Waals surface area contributed by atoms with Crippen molar-refractivity contribution in [2.24, 2.45) is 5.73 Å². The van der Waals surface area contributed by atoms with Crippen LogP contribution in [-0.4, -0.2) is 6.18 Å². The summed E-state index contributed by atoms with van der Waals surface area (Å²) in [4.78, 5) is 0.0347. The highest BCUT2D eigenvalue weighted by molar-refractivity contribution is 7.10. The van der Waals surface area contributed by atoms with Crippen LogP contribution in [0.3, 0.4) is 0 Å². The lowest BCUT2D eigenvalue weighted by molar-refractivity contribution is -0.148. The van der Waals surface area contributed by atoms with Gasteiger partial charge in [-0.2, -0.15) is 13.2 Å². The Kier molecular flexibility index (Phi) is 2.65. The van der Waals surface area contributed by atoms with Gasteiger partial charge >= 0.3 is 6.18 Å². The van der Waals surface area contributed by atoms with Gasteiger partial charge in [-0.05, 0) is 6.07 Å². The number of halogens is 4. The third-order valence-corrected chi connectivity index (χ3v) is 2.61. The van der Waals surface area contributed by atoms with E-state index in [4.69, 9.17) is 17.3 Å². The van der Waals surface area contributed by atoms with Crippen LogP contribution in [0, 0.1) is 0 Å². The molecule has 12 heavy (non-hydrogen) atoms. The van der Waals surface area contributed by atoms with Crippen molar-refractivity contribution < 1.29 is 13.2 Å². The van der Waals surface area contributed by atoms with Gasteiger partial charge < -0.3 is 5.73 Å². The summed E-state index contributed by atoms with van der Waals surface area (Å²) in [7, 11) is 0. The summed E-state index contributed by atoms with van der Waals surface area (Å²) in [5.41, 5.74) is 4.91. The van der Waals surface area contributed by atoms with E-state index >= 15 is 0 Å². The molecule has 1 rings (SSSR count). The average molecular weight is 216 g/mol. The van der Waals surface area contributed by atoms with E-state index in [1.807, 2.05) is 0 Å². The Bertz CT molecular complexity index is 270. The predicted octanol–water partition coefficient (Wildman–Crippen LogP) is 2.96.